The molecular weight excluding hydrogens is 356 g/mol. The smallest absolute Gasteiger partial charge is 0.313 e. The van der Waals surface area contributed by atoms with Gasteiger partial charge in [0.2, 0.25) is 0 Å². The number of benzene rings is 1. The predicted molar refractivity (Wildman–Crippen MR) is 107 cm³/mol. The number of amides is 2. The van der Waals surface area contributed by atoms with E-state index in [1.54, 1.807) is 4.90 Å². The Balaban J connectivity index is 1.77. The molecule has 0 bridgehead atoms. The average Bonchev–Trinajstić information content (AvgIpc) is 2.66. The zero-order chi connectivity index (χ0) is 20.5. The zero-order valence-corrected chi connectivity index (χ0v) is 16.9. The van der Waals surface area contributed by atoms with Gasteiger partial charge in [0.15, 0.2) is 0 Å². The first kappa shape index (κ1) is 20.4. The summed E-state index contributed by atoms with van der Waals surface area (Å²) in [6.07, 6.45) is 3.93. The highest BCUT2D eigenvalue weighted by atomic mass is 16.4. The first-order valence-corrected chi connectivity index (χ1v) is 10.1. The summed E-state index contributed by atoms with van der Waals surface area (Å²) in [4.78, 5) is 39.0. The second-order valence-electron chi connectivity index (χ2n) is 9.00. The third-order valence-corrected chi connectivity index (χ3v) is 6.14. The second kappa shape index (κ2) is 7.94. The van der Waals surface area contributed by atoms with Crippen LogP contribution in [-0.2, 0) is 19.8 Å². The molecule has 1 aromatic rings. The minimum Gasteiger partial charge on any atom is -0.481 e. The van der Waals surface area contributed by atoms with Gasteiger partial charge in [-0.15, -0.1) is 0 Å². The van der Waals surface area contributed by atoms with Crippen LogP contribution in [-0.4, -0.2) is 40.4 Å². The minimum absolute atomic E-state index is 0.0568. The Morgan fingerprint density at radius 3 is 2.43 bits per heavy atom. The number of carbonyl (C=O) groups is 3. The normalized spacial score (nSPS) is 25.0. The van der Waals surface area contributed by atoms with Crippen molar-refractivity contribution in [3.63, 3.8) is 0 Å². The second-order valence-corrected chi connectivity index (χ2v) is 9.00. The molecule has 1 saturated heterocycles. The lowest BCUT2D eigenvalue weighted by Crippen LogP contribution is -2.56. The molecule has 2 N–H and O–H groups in total. The van der Waals surface area contributed by atoms with Gasteiger partial charge < -0.3 is 15.3 Å². The van der Waals surface area contributed by atoms with Gasteiger partial charge in [-0.05, 0) is 42.2 Å². The minimum atomic E-state index is -0.785. The molecule has 1 aliphatic carbocycles. The van der Waals surface area contributed by atoms with Gasteiger partial charge in [-0.2, -0.15) is 0 Å². The van der Waals surface area contributed by atoms with Crippen LogP contribution < -0.4 is 5.32 Å². The fraction of sp³-hybridized carbons (Fsp3) is 0.591. The maximum Gasteiger partial charge on any atom is 0.313 e. The van der Waals surface area contributed by atoms with E-state index < -0.39 is 23.7 Å². The topological polar surface area (TPSA) is 86.7 Å². The summed E-state index contributed by atoms with van der Waals surface area (Å²) in [7, 11) is 0. The molecule has 0 spiro atoms. The molecule has 3 atom stereocenters. The van der Waals surface area contributed by atoms with Gasteiger partial charge in [0.05, 0.1) is 5.92 Å². The molecule has 2 aliphatic rings. The Morgan fingerprint density at radius 2 is 1.75 bits per heavy atom. The highest BCUT2D eigenvalue weighted by molar-refractivity contribution is 6.39. The van der Waals surface area contributed by atoms with Crippen LogP contribution in [0.15, 0.2) is 24.3 Å². The Labute approximate surface area is 166 Å². The molecule has 28 heavy (non-hydrogen) atoms. The number of likely N-dealkylation sites (tertiary alicyclic amines) is 1. The fourth-order valence-corrected chi connectivity index (χ4v) is 4.77. The number of fused-ring (bicyclic) bond motifs is 1. The first-order chi connectivity index (χ1) is 13.2. The SMILES string of the molecule is CC(C)(C)c1ccccc1NC(=O)C(=O)N1CCC(C(=O)O)C2CCCCC21. The van der Waals surface area contributed by atoms with Crippen molar-refractivity contribution in [3.8, 4) is 0 Å². The van der Waals surface area contributed by atoms with Crippen molar-refractivity contribution in [2.24, 2.45) is 11.8 Å². The largest absolute Gasteiger partial charge is 0.481 e. The number of hydrogen-bond donors (Lipinski definition) is 2. The maximum absolute atomic E-state index is 13.0. The monoisotopic (exact) mass is 386 g/mol. The number of nitrogens with zero attached hydrogens (tertiary/aromatic N) is 1. The molecule has 2 fully saturated rings. The molecule has 6 heteroatoms. The van der Waals surface area contributed by atoms with Crippen LogP contribution in [0.25, 0.3) is 0 Å². The third-order valence-electron chi connectivity index (χ3n) is 6.14. The van der Waals surface area contributed by atoms with E-state index in [0.717, 1.165) is 31.2 Å². The van der Waals surface area contributed by atoms with Crippen LogP contribution in [0.2, 0.25) is 0 Å². The maximum atomic E-state index is 13.0. The van der Waals surface area contributed by atoms with E-state index in [2.05, 4.69) is 26.1 Å². The summed E-state index contributed by atoms with van der Waals surface area (Å²) >= 11 is 0. The summed E-state index contributed by atoms with van der Waals surface area (Å²) < 4.78 is 0. The van der Waals surface area contributed by atoms with E-state index >= 15 is 0 Å². The number of para-hydroxylation sites is 1. The van der Waals surface area contributed by atoms with E-state index in [0.29, 0.717) is 18.7 Å². The number of hydrogen-bond acceptors (Lipinski definition) is 3. The third kappa shape index (κ3) is 4.05. The van der Waals surface area contributed by atoms with Crippen molar-refractivity contribution in [3.05, 3.63) is 29.8 Å². The van der Waals surface area contributed by atoms with Gasteiger partial charge in [-0.1, -0.05) is 51.8 Å². The Hall–Kier alpha value is -2.37. The quantitative estimate of drug-likeness (QED) is 0.763. The Morgan fingerprint density at radius 1 is 1.07 bits per heavy atom. The predicted octanol–water partition coefficient (Wildman–Crippen LogP) is 3.41. The standard InChI is InChI=1S/C22H30N2O4/c1-22(2,3)16-9-5-6-10-17(16)23-19(25)20(26)24-13-12-15(21(27)28)14-8-4-7-11-18(14)24/h5-6,9-10,14-15,18H,4,7-8,11-13H2,1-3H3,(H,23,25)(H,27,28). The molecule has 1 saturated carbocycles. The lowest BCUT2D eigenvalue weighted by atomic mass is 9.72. The van der Waals surface area contributed by atoms with Crippen molar-refractivity contribution in [2.75, 3.05) is 11.9 Å². The molecule has 3 unspecified atom stereocenters. The van der Waals surface area contributed by atoms with E-state index in [1.165, 1.54) is 0 Å². The van der Waals surface area contributed by atoms with Crippen LogP contribution >= 0.6 is 0 Å². The fourth-order valence-electron chi connectivity index (χ4n) is 4.77. The van der Waals surface area contributed by atoms with Crippen LogP contribution in [0, 0.1) is 11.8 Å². The number of nitrogens with one attached hydrogen (secondary N) is 1. The number of rotatable bonds is 2. The summed E-state index contributed by atoms with van der Waals surface area (Å²) in [6.45, 7) is 6.50. The number of anilines is 1. The lowest BCUT2D eigenvalue weighted by Gasteiger charge is -2.46. The van der Waals surface area contributed by atoms with Crippen molar-refractivity contribution >= 4 is 23.5 Å². The molecule has 2 amide bonds. The molecule has 152 valence electrons. The highest BCUT2D eigenvalue weighted by Crippen LogP contribution is 2.39. The van der Waals surface area contributed by atoms with Crippen molar-refractivity contribution in [1.29, 1.82) is 0 Å². The Kier molecular flexibility index (Phi) is 5.77. The summed E-state index contributed by atoms with van der Waals surface area (Å²) in [5.41, 5.74) is 1.45. The lowest BCUT2D eigenvalue weighted by molar-refractivity contribution is -0.156. The number of aliphatic carboxylic acids is 1. The summed E-state index contributed by atoms with van der Waals surface area (Å²) in [6, 6.07) is 7.37. The number of carbonyl (C=O) groups excluding carboxylic acids is 2. The zero-order valence-electron chi connectivity index (χ0n) is 16.9. The van der Waals surface area contributed by atoms with E-state index in [1.807, 2.05) is 24.3 Å². The van der Waals surface area contributed by atoms with Gasteiger partial charge in [-0.3, -0.25) is 14.4 Å². The molecule has 1 aliphatic heterocycles. The Bertz CT molecular complexity index is 768. The number of piperidine rings is 1. The summed E-state index contributed by atoms with van der Waals surface area (Å²) in [5, 5.41) is 12.3. The van der Waals surface area contributed by atoms with Crippen LogP contribution in [0.5, 0.6) is 0 Å². The number of carboxylic acids is 1. The van der Waals surface area contributed by atoms with Gasteiger partial charge >= 0.3 is 17.8 Å². The first-order valence-electron chi connectivity index (χ1n) is 10.1. The van der Waals surface area contributed by atoms with Crippen molar-refractivity contribution < 1.29 is 19.5 Å². The molecule has 0 radical (unpaired) electrons. The molecule has 3 rings (SSSR count). The van der Waals surface area contributed by atoms with E-state index in [9.17, 15) is 19.5 Å². The van der Waals surface area contributed by atoms with E-state index in [-0.39, 0.29) is 17.4 Å². The molecular formula is C22H30N2O4. The summed E-state index contributed by atoms with van der Waals surface area (Å²) in [5.74, 6) is -2.45. The molecule has 6 nitrogen and oxygen atoms in total. The van der Waals surface area contributed by atoms with E-state index in [4.69, 9.17) is 0 Å². The van der Waals surface area contributed by atoms with Gasteiger partial charge in [0.1, 0.15) is 0 Å². The van der Waals surface area contributed by atoms with Crippen LogP contribution in [0.4, 0.5) is 5.69 Å². The van der Waals surface area contributed by atoms with Crippen molar-refractivity contribution in [2.45, 2.75) is 64.3 Å². The van der Waals surface area contributed by atoms with Crippen LogP contribution in [0.1, 0.15) is 58.4 Å². The molecule has 1 heterocycles. The van der Waals surface area contributed by atoms with Crippen molar-refractivity contribution in [1.82, 2.24) is 4.90 Å². The van der Waals surface area contributed by atoms with Gasteiger partial charge in [0.25, 0.3) is 0 Å². The molecule has 0 aromatic heterocycles. The van der Waals surface area contributed by atoms with Crippen LogP contribution in [0.3, 0.4) is 0 Å². The average molecular weight is 386 g/mol. The van der Waals surface area contributed by atoms with Gasteiger partial charge in [0, 0.05) is 18.3 Å². The molecule has 1 aromatic carbocycles. The highest BCUT2D eigenvalue weighted by Gasteiger charge is 2.45. The van der Waals surface area contributed by atoms with Gasteiger partial charge in [-0.25, -0.2) is 0 Å². The number of carboxylic acid groups (broad SMARTS) is 1.